The van der Waals surface area contributed by atoms with E-state index in [1.165, 1.54) is 0 Å². The van der Waals surface area contributed by atoms with Crippen molar-refractivity contribution in [3.05, 3.63) is 47.1 Å². The van der Waals surface area contributed by atoms with Crippen LogP contribution in [0.25, 0.3) is 0 Å². The first-order valence-electron chi connectivity index (χ1n) is 6.42. The fraction of sp³-hybridized carbons (Fsp3) is 0.286. The number of benzene rings is 1. The Morgan fingerprint density at radius 1 is 1.11 bits per heavy atom. The molecule has 3 rings (SSSR count). The molecule has 0 unspecified atom stereocenters. The zero-order chi connectivity index (χ0) is 13.4. The molecule has 1 aromatic rings. The lowest BCUT2D eigenvalue weighted by molar-refractivity contribution is 0.0501. The number of hydrogen-bond donors (Lipinski definition) is 0. The molecule has 4 nitrogen and oxygen atoms in total. The molecule has 0 N–H and O–H groups in total. The molecule has 1 fully saturated rings. The van der Waals surface area contributed by atoms with Crippen LogP contribution in [0.5, 0.6) is 0 Å². The van der Waals surface area contributed by atoms with Gasteiger partial charge in [0, 0.05) is 30.3 Å². The van der Waals surface area contributed by atoms with Crippen molar-refractivity contribution in [2.45, 2.75) is 0 Å². The number of Topliss-reactive ketones (excluding diaryl/α,β-unsaturated/α-hetero) is 1. The first-order chi connectivity index (χ1) is 9.20. The fourth-order valence-electron chi connectivity index (χ4n) is 2.25. The van der Waals surface area contributed by atoms with Gasteiger partial charge in [0.2, 0.25) is 5.78 Å². The minimum absolute atomic E-state index is 0.203. The molecule has 1 heterocycles. The van der Waals surface area contributed by atoms with Crippen LogP contribution in [0.1, 0.15) is 22.1 Å². The molecule has 0 saturated carbocycles. The van der Waals surface area contributed by atoms with Gasteiger partial charge in [-0.2, -0.15) is 0 Å². The van der Waals surface area contributed by atoms with Gasteiger partial charge in [-0.3, -0.25) is 9.59 Å². The molecule has 1 saturated heterocycles. The maximum atomic E-state index is 12.5. The first-order valence-corrected chi connectivity index (χ1v) is 5.92. The van der Waals surface area contributed by atoms with E-state index in [0.717, 1.165) is 0 Å². The number of nitrogens with zero attached hydrogens (tertiary/aromatic N) is 1. The third-order valence-corrected chi connectivity index (χ3v) is 3.19. The van der Waals surface area contributed by atoms with Crippen molar-refractivity contribution in [3.8, 4) is 0 Å². The number of rotatable bonds is 1. The van der Waals surface area contributed by atoms with Crippen LogP contribution in [-0.4, -0.2) is 42.8 Å². The molecule has 0 radical (unpaired) electrons. The van der Waals surface area contributed by atoms with Crippen molar-refractivity contribution < 1.29 is 15.7 Å². The Hall–Kier alpha value is -1.94. The van der Waals surface area contributed by atoms with E-state index in [9.17, 15) is 9.59 Å². The van der Waals surface area contributed by atoms with Gasteiger partial charge in [-0.05, 0) is 0 Å². The Labute approximate surface area is 106 Å². The summed E-state index contributed by atoms with van der Waals surface area (Å²) in [6.45, 7) is 2.11. The Kier molecular flexibility index (Phi) is 2.44. The highest BCUT2D eigenvalue weighted by Crippen LogP contribution is 2.23. The Balaban J connectivity index is 2.07. The van der Waals surface area contributed by atoms with Crippen molar-refractivity contribution in [2.24, 2.45) is 0 Å². The van der Waals surface area contributed by atoms with Crippen molar-refractivity contribution in [3.63, 3.8) is 0 Å². The van der Waals surface area contributed by atoms with Crippen molar-refractivity contribution >= 4 is 11.6 Å². The SMILES string of the molecule is [2H]C1=C(N2CCOCC2)C(=O)c2ccccc2C1=O. The van der Waals surface area contributed by atoms with Gasteiger partial charge in [-0.15, -0.1) is 0 Å². The summed E-state index contributed by atoms with van der Waals surface area (Å²) in [6, 6.07) is 6.47. The lowest BCUT2D eigenvalue weighted by Crippen LogP contribution is -2.39. The van der Waals surface area contributed by atoms with Crippen LogP contribution in [0.4, 0.5) is 0 Å². The predicted octanol–water partition coefficient (Wildman–Crippen LogP) is 1.28. The molecule has 0 bridgehead atoms. The van der Waals surface area contributed by atoms with E-state index in [-0.39, 0.29) is 23.3 Å². The van der Waals surface area contributed by atoms with Crippen LogP contribution in [0, 0.1) is 0 Å². The van der Waals surface area contributed by atoms with Gasteiger partial charge in [0.25, 0.3) is 0 Å². The second-order valence-electron chi connectivity index (χ2n) is 4.28. The van der Waals surface area contributed by atoms with Crippen LogP contribution in [0.15, 0.2) is 36.0 Å². The van der Waals surface area contributed by atoms with E-state index in [2.05, 4.69) is 0 Å². The minimum Gasteiger partial charge on any atom is -0.378 e. The monoisotopic (exact) mass is 244 g/mol. The number of fused-ring (bicyclic) bond motifs is 1. The van der Waals surface area contributed by atoms with Crippen LogP contribution >= 0.6 is 0 Å². The third kappa shape index (κ3) is 1.75. The Morgan fingerprint density at radius 3 is 2.50 bits per heavy atom. The zero-order valence-electron chi connectivity index (χ0n) is 10.8. The van der Waals surface area contributed by atoms with Gasteiger partial charge in [0.15, 0.2) is 5.78 Å². The average Bonchev–Trinajstić information content (AvgIpc) is 2.46. The molecule has 1 aromatic carbocycles. The summed E-state index contributed by atoms with van der Waals surface area (Å²) in [6.07, 6.45) is 0. The average molecular weight is 244 g/mol. The van der Waals surface area contributed by atoms with Crippen LogP contribution in [-0.2, 0) is 4.74 Å². The number of allylic oxidation sites excluding steroid dienone is 2. The largest absolute Gasteiger partial charge is 0.378 e. The van der Waals surface area contributed by atoms with Gasteiger partial charge in [-0.25, -0.2) is 0 Å². The molecule has 1 aliphatic heterocycles. The van der Waals surface area contributed by atoms with Crippen molar-refractivity contribution in [2.75, 3.05) is 26.3 Å². The van der Waals surface area contributed by atoms with Gasteiger partial charge in [0.05, 0.1) is 20.3 Å². The molecular formula is C14H13NO3. The van der Waals surface area contributed by atoms with Crippen LogP contribution in [0.3, 0.4) is 0 Å². The van der Waals surface area contributed by atoms with E-state index in [1.54, 1.807) is 29.2 Å². The summed E-state index contributed by atoms with van der Waals surface area (Å²) in [4.78, 5) is 26.4. The number of ether oxygens (including phenoxy) is 1. The fourth-order valence-corrected chi connectivity index (χ4v) is 2.25. The van der Waals surface area contributed by atoms with Gasteiger partial charge < -0.3 is 9.64 Å². The van der Waals surface area contributed by atoms with Gasteiger partial charge >= 0.3 is 0 Å². The molecule has 0 spiro atoms. The smallest absolute Gasteiger partial charge is 0.209 e. The quantitative estimate of drug-likeness (QED) is 0.746. The van der Waals surface area contributed by atoms with Gasteiger partial charge in [-0.1, -0.05) is 24.3 Å². The first kappa shape index (κ1) is 10.0. The highest BCUT2D eigenvalue weighted by atomic mass is 16.5. The Morgan fingerprint density at radius 2 is 1.78 bits per heavy atom. The van der Waals surface area contributed by atoms with Gasteiger partial charge in [0.1, 0.15) is 0 Å². The molecule has 18 heavy (non-hydrogen) atoms. The van der Waals surface area contributed by atoms with E-state index < -0.39 is 0 Å². The van der Waals surface area contributed by atoms with E-state index in [4.69, 9.17) is 6.11 Å². The highest BCUT2D eigenvalue weighted by molar-refractivity contribution is 6.24. The summed E-state index contributed by atoms with van der Waals surface area (Å²) in [5.41, 5.74) is 0.937. The summed E-state index contributed by atoms with van der Waals surface area (Å²) in [7, 11) is 0. The second-order valence-corrected chi connectivity index (χ2v) is 4.28. The maximum Gasteiger partial charge on any atom is 0.209 e. The maximum absolute atomic E-state index is 12.5. The molecule has 92 valence electrons. The van der Waals surface area contributed by atoms with Crippen molar-refractivity contribution in [1.82, 2.24) is 4.90 Å². The second kappa shape index (κ2) is 4.38. The summed E-state index contributed by atoms with van der Waals surface area (Å²) in [5, 5.41) is 0. The number of hydrogen-bond acceptors (Lipinski definition) is 4. The standard InChI is InChI=1S/C14H13NO3/c16-13-9-12(15-5-7-18-8-6-15)14(17)11-4-2-1-3-10(11)13/h1-4,9H,5-8H2/i9D. The number of carbonyl (C=O) groups is 2. The summed E-state index contributed by atoms with van der Waals surface area (Å²) < 4.78 is 13.2. The van der Waals surface area contributed by atoms with E-state index in [1.807, 2.05) is 0 Å². The molecule has 0 amide bonds. The number of morpholine rings is 1. The summed E-state index contributed by atoms with van der Waals surface area (Å²) >= 11 is 0. The molecule has 0 aromatic heterocycles. The minimum atomic E-state index is -0.378. The normalized spacial score (nSPS) is 20.9. The molecule has 4 heteroatoms. The van der Waals surface area contributed by atoms with Crippen LogP contribution in [0.2, 0.25) is 0 Å². The van der Waals surface area contributed by atoms with Crippen LogP contribution < -0.4 is 0 Å². The topological polar surface area (TPSA) is 46.6 Å². The highest BCUT2D eigenvalue weighted by Gasteiger charge is 2.29. The number of ketones is 2. The van der Waals surface area contributed by atoms with E-state index >= 15 is 0 Å². The Bertz CT molecular complexity index is 588. The van der Waals surface area contributed by atoms with Crippen molar-refractivity contribution in [1.29, 1.82) is 0 Å². The lowest BCUT2D eigenvalue weighted by Gasteiger charge is -2.31. The molecule has 1 aliphatic carbocycles. The summed E-state index contributed by atoms with van der Waals surface area (Å²) in [5.74, 6) is -0.612. The molecule has 2 aliphatic rings. The van der Waals surface area contributed by atoms with E-state index in [0.29, 0.717) is 37.4 Å². The molecular weight excluding hydrogens is 230 g/mol. The molecule has 0 atom stereocenters. The third-order valence-electron chi connectivity index (χ3n) is 3.19. The zero-order valence-corrected chi connectivity index (χ0v) is 9.81. The number of carbonyl (C=O) groups excluding carboxylic acids is 2. The lowest BCUT2D eigenvalue weighted by atomic mass is 9.92. The predicted molar refractivity (Wildman–Crippen MR) is 65.6 cm³/mol.